The molecule has 0 aliphatic carbocycles. The van der Waals surface area contributed by atoms with Crippen molar-refractivity contribution in [1.29, 1.82) is 0 Å². The minimum Gasteiger partial charge on any atom is -0.493 e. The molecule has 1 heterocycles. The van der Waals surface area contributed by atoms with Crippen LogP contribution >= 0.6 is 0 Å². The van der Waals surface area contributed by atoms with E-state index in [1.54, 1.807) is 33.3 Å². The van der Waals surface area contributed by atoms with E-state index in [1.165, 1.54) is 6.21 Å². The number of carbonyl (C=O) groups is 1. The summed E-state index contributed by atoms with van der Waals surface area (Å²) in [5.74, 6) is 0.0921. The molecule has 1 aliphatic heterocycles. The summed E-state index contributed by atoms with van der Waals surface area (Å²) < 4.78 is 21.1. The SMILES string of the molecule is COc1ccc(C=NNC(=O)CC2(C)OCCO2)cc1OC. The second kappa shape index (κ2) is 7.24. The van der Waals surface area contributed by atoms with E-state index in [4.69, 9.17) is 18.9 Å². The highest BCUT2D eigenvalue weighted by molar-refractivity contribution is 5.83. The molecule has 1 saturated heterocycles. The number of benzene rings is 1. The third kappa shape index (κ3) is 4.19. The summed E-state index contributed by atoms with van der Waals surface area (Å²) in [7, 11) is 3.13. The molecule has 1 aromatic carbocycles. The fourth-order valence-corrected chi connectivity index (χ4v) is 2.10. The van der Waals surface area contributed by atoms with Crippen molar-refractivity contribution < 1.29 is 23.7 Å². The number of ether oxygens (including phenoxy) is 4. The summed E-state index contributed by atoms with van der Waals surface area (Å²) in [6.45, 7) is 2.73. The average molecular weight is 308 g/mol. The molecular weight excluding hydrogens is 288 g/mol. The Morgan fingerprint density at radius 1 is 1.32 bits per heavy atom. The minimum atomic E-state index is -0.858. The first-order valence-electron chi connectivity index (χ1n) is 6.88. The van der Waals surface area contributed by atoms with Crippen LogP contribution < -0.4 is 14.9 Å². The van der Waals surface area contributed by atoms with Crippen LogP contribution in [0.4, 0.5) is 0 Å². The first kappa shape index (κ1) is 16.3. The van der Waals surface area contributed by atoms with Crippen LogP contribution in [0.1, 0.15) is 18.9 Å². The van der Waals surface area contributed by atoms with Crippen molar-refractivity contribution in [1.82, 2.24) is 5.43 Å². The summed E-state index contributed by atoms with van der Waals surface area (Å²) >= 11 is 0. The molecule has 1 N–H and O–H groups in total. The van der Waals surface area contributed by atoms with E-state index in [2.05, 4.69) is 10.5 Å². The highest BCUT2D eigenvalue weighted by Gasteiger charge is 2.33. The maximum absolute atomic E-state index is 11.8. The van der Waals surface area contributed by atoms with Crippen LogP contribution in [0.5, 0.6) is 11.5 Å². The molecule has 0 unspecified atom stereocenters. The van der Waals surface area contributed by atoms with Gasteiger partial charge in [0, 0.05) is 0 Å². The molecular formula is C15H20N2O5. The zero-order valence-corrected chi connectivity index (χ0v) is 12.9. The van der Waals surface area contributed by atoms with Crippen LogP contribution in [0.3, 0.4) is 0 Å². The molecule has 0 radical (unpaired) electrons. The number of carbonyl (C=O) groups excluding carboxylic acids is 1. The molecule has 7 nitrogen and oxygen atoms in total. The van der Waals surface area contributed by atoms with Crippen molar-refractivity contribution in [2.24, 2.45) is 5.10 Å². The van der Waals surface area contributed by atoms with Gasteiger partial charge in [-0.05, 0) is 30.7 Å². The smallest absolute Gasteiger partial charge is 0.245 e. The average Bonchev–Trinajstić information content (AvgIpc) is 2.93. The molecule has 22 heavy (non-hydrogen) atoms. The molecule has 1 amide bonds. The zero-order chi connectivity index (χ0) is 16.0. The van der Waals surface area contributed by atoms with Crippen molar-refractivity contribution in [2.45, 2.75) is 19.1 Å². The molecule has 0 spiro atoms. The van der Waals surface area contributed by atoms with Crippen molar-refractivity contribution in [2.75, 3.05) is 27.4 Å². The van der Waals surface area contributed by atoms with Gasteiger partial charge in [0.05, 0.1) is 40.1 Å². The Bertz CT molecular complexity index is 553. The third-order valence-corrected chi connectivity index (χ3v) is 3.19. The molecule has 7 heteroatoms. The van der Waals surface area contributed by atoms with E-state index in [1.807, 2.05) is 6.07 Å². The maximum Gasteiger partial charge on any atom is 0.245 e. The molecule has 1 fully saturated rings. The number of nitrogens with zero attached hydrogens (tertiary/aromatic N) is 1. The molecule has 0 saturated carbocycles. The first-order valence-corrected chi connectivity index (χ1v) is 6.88. The van der Waals surface area contributed by atoms with Crippen LogP contribution in [0.2, 0.25) is 0 Å². The Labute approximate surface area is 129 Å². The Morgan fingerprint density at radius 3 is 2.64 bits per heavy atom. The van der Waals surface area contributed by atoms with Gasteiger partial charge < -0.3 is 18.9 Å². The molecule has 1 aromatic rings. The summed E-state index contributed by atoms with van der Waals surface area (Å²) in [6, 6.07) is 5.34. The number of rotatable bonds is 6. The topological polar surface area (TPSA) is 78.4 Å². The Balaban J connectivity index is 1.90. The monoisotopic (exact) mass is 308 g/mol. The first-order chi connectivity index (χ1) is 10.6. The second-order valence-corrected chi connectivity index (χ2v) is 4.92. The fraction of sp³-hybridized carbons (Fsp3) is 0.467. The van der Waals surface area contributed by atoms with Gasteiger partial charge in [-0.3, -0.25) is 4.79 Å². The molecule has 120 valence electrons. The largest absolute Gasteiger partial charge is 0.493 e. The summed E-state index contributed by atoms with van der Waals surface area (Å²) in [4.78, 5) is 11.8. The Kier molecular flexibility index (Phi) is 5.35. The van der Waals surface area contributed by atoms with Gasteiger partial charge in [0.25, 0.3) is 0 Å². The van der Waals surface area contributed by atoms with Crippen molar-refractivity contribution >= 4 is 12.1 Å². The predicted octanol–water partition coefficient (Wildman–Crippen LogP) is 1.31. The van der Waals surface area contributed by atoms with Crippen molar-refractivity contribution in [3.63, 3.8) is 0 Å². The van der Waals surface area contributed by atoms with Crippen LogP contribution in [0.15, 0.2) is 23.3 Å². The van der Waals surface area contributed by atoms with E-state index >= 15 is 0 Å². The number of amides is 1. The van der Waals surface area contributed by atoms with E-state index < -0.39 is 5.79 Å². The number of hydrazone groups is 1. The lowest BCUT2D eigenvalue weighted by atomic mass is 10.2. The fourth-order valence-electron chi connectivity index (χ4n) is 2.10. The van der Waals surface area contributed by atoms with Gasteiger partial charge >= 0.3 is 0 Å². The summed E-state index contributed by atoms with van der Waals surface area (Å²) in [5.41, 5.74) is 3.22. The third-order valence-electron chi connectivity index (χ3n) is 3.19. The van der Waals surface area contributed by atoms with Gasteiger partial charge in [-0.15, -0.1) is 0 Å². The van der Waals surface area contributed by atoms with Crippen LogP contribution in [-0.4, -0.2) is 45.3 Å². The van der Waals surface area contributed by atoms with E-state index in [0.717, 1.165) is 5.56 Å². The summed E-state index contributed by atoms with van der Waals surface area (Å²) in [5, 5.41) is 3.91. The van der Waals surface area contributed by atoms with Crippen molar-refractivity contribution in [3.05, 3.63) is 23.8 Å². The van der Waals surface area contributed by atoms with Gasteiger partial charge in [0.1, 0.15) is 0 Å². The van der Waals surface area contributed by atoms with Crippen LogP contribution in [0.25, 0.3) is 0 Å². The number of nitrogens with one attached hydrogen (secondary N) is 1. The molecule has 1 aliphatic rings. The second-order valence-electron chi connectivity index (χ2n) is 4.92. The number of methoxy groups -OCH3 is 2. The quantitative estimate of drug-likeness (QED) is 0.633. The van der Waals surface area contributed by atoms with Gasteiger partial charge in [-0.2, -0.15) is 5.10 Å². The molecule has 0 aromatic heterocycles. The van der Waals surface area contributed by atoms with Crippen LogP contribution in [0, 0.1) is 0 Å². The molecule has 0 atom stereocenters. The van der Waals surface area contributed by atoms with Gasteiger partial charge in [0.15, 0.2) is 17.3 Å². The Hall–Kier alpha value is -2.12. The molecule has 2 rings (SSSR count). The number of hydrogen-bond acceptors (Lipinski definition) is 6. The predicted molar refractivity (Wildman–Crippen MR) is 80.2 cm³/mol. The normalized spacial score (nSPS) is 16.7. The van der Waals surface area contributed by atoms with E-state index in [-0.39, 0.29) is 12.3 Å². The minimum absolute atomic E-state index is 0.0935. The van der Waals surface area contributed by atoms with E-state index in [0.29, 0.717) is 24.7 Å². The standard InChI is InChI=1S/C15H20N2O5/c1-15(21-6-7-22-15)9-14(18)17-16-10-11-4-5-12(19-2)13(8-11)20-3/h4-5,8,10H,6-7,9H2,1-3H3,(H,17,18). The number of hydrogen-bond donors (Lipinski definition) is 1. The van der Waals surface area contributed by atoms with Crippen LogP contribution in [-0.2, 0) is 14.3 Å². The lowest BCUT2D eigenvalue weighted by Crippen LogP contribution is -2.33. The lowest BCUT2D eigenvalue weighted by molar-refractivity contribution is -0.159. The van der Waals surface area contributed by atoms with Gasteiger partial charge in [-0.1, -0.05) is 0 Å². The highest BCUT2D eigenvalue weighted by Crippen LogP contribution is 2.26. The maximum atomic E-state index is 11.8. The molecule has 0 bridgehead atoms. The van der Waals surface area contributed by atoms with Crippen molar-refractivity contribution in [3.8, 4) is 11.5 Å². The van der Waals surface area contributed by atoms with E-state index in [9.17, 15) is 4.79 Å². The van der Waals surface area contributed by atoms with Gasteiger partial charge in [-0.25, -0.2) is 5.43 Å². The Morgan fingerprint density at radius 2 is 2.00 bits per heavy atom. The summed E-state index contributed by atoms with van der Waals surface area (Å²) in [6.07, 6.45) is 1.62. The zero-order valence-electron chi connectivity index (χ0n) is 12.9. The van der Waals surface area contributed by atoms with Gasteiger partial charge in [0.2, 0.25) is 5.91 Å². The lowest BCUT2D eigenvalue weighted by Gasteiger charge is -2.20. The highest BCUT2D eigenvalue weighted by atomic mass is 16.7.